The van der Waals surface area contributed by atoms with Crippen LogP contribution in [0.2, 0.25) is 5.15 Å². The van der Waals surface area contributed by atoms with Crippen molar-refractivity contribution in [3.8, 4) is 0 Å². The van der Waals surface area contributed by atoms with E-state index in [9.17, 15) is 5.11 Å². The van der Waals surface area contributed by atoms with Gasteiger partial charge in [-0.15, -0.1) is 0 Å². The Morgan fingerprint density at radius 3 is 1.91 bits per heavy atom. The third kappa shape index (κ3) is 10.7. The molecule has 8 heteroatoms. The Balaban J connectivity index is 1.45. The Hall–Kier alpha value is -1.05. The SMILES string of the molecule is CCCCCCCCCCCCCCCCCCSC(C)C(O)n1cnc2c(Cl)nc(N)nc21. The molecule has 2 aromatic heterocycles. The van der Waals surface area contributed by atoms with Crippen LogP contribution in [0.4, 0.5) is 5.95 Å². The predicted octanol–water partition coefficient (Wildman–Crippen LogP) is 7.94. The highest BCUT2D eigenvalue weighted by Crippen LogP contribution is 2.28. The van der Waals surface area contributed by atoms with Crippen LogP contribution in [0.1, 0.15) is 123 Å². The summed E-state index contributed by atoms with van der Waals surface area (Å²) in [5, 5.41) is 11.0. The molecule has 0 bridgehead atoms. The topological polar surface area (TPSA) is 89.8 Å². The second-order valence-electron chi connectivity index (χ2n) is 9.49. The van der Waals surface area contributed by atoms with Crippen LogP contribution in [0.3, 0.4) is 0 Å². The summed E-state index contributed by atoms with van der Waals surface area (Å²) < 4.78 is 1.63. The Bertz CT molecular complexity index is 803. The number of aromatic nitrogens is 4. The number of nitrogen functional groups attached to an aromatic ring is 1. The van der Waals surface area contributed by atoms with Crippen LogP contribution in [0.5, 0.6) is 0 Å². The zero-order valence-corrected chi connectivity index (χ0v) is 22.9. The van der Waals surface area contributed by atoms with Gasteiger partial charge in [0.15, 0.2) is 10.8 Å². The normalized spacial score (nSPS) is 13.5. The number of nitrogens with zero attached hydrogens (tertiary/aromatic N) is 4. The van der Waals surface area contributed by atoms with E-state index in [0.29, 0.717) is 11.2 Å². The lowest BCUT2D eigenvalue weighted by molar-refractivity contribution is 0.109. The second kappa shape index (κ2) is 17.4. The summed E-state index contributed by atoms with van der Waals surface area (Å²) >= 11 is 7.86. The number of aliphatic hydroxyl groups excluding tert-OH is 1. The van der Waals surface area contributed by atoms with E-state index in [1.807, 2.05) is 6.92 Å². The van der Waals surface area contributed by atoms with Gasteiger partial charge in [0, 0.05) is 5.25 Å². The standard InChI is InChI=1S/C26H46ClN5OS/c1-3-4-5-6-7-8-9-10-11-12-13-14-15-16-17-18-19-34-21(2)25(33)32-20-29-22-23(27)30-26(28)31-24(22)32/h20-21,25,33H,3-19H2,1-2H3,(H2,28,30,31). The molecule has 2 rings (SSSR count). The lowest BCUT2D eigenvalue weighted by Gasteiger charge is -2.20. The molecule has 2 atom stereocenters. The molecule has 34 heavy (non-hydrogen) atoms. The van der Waals surface area contributed by atoms with Gasteiger partial charge in [0.2, 0.25) is 5.95 Å². The summed E-state index contributed by atoms with van der Waals surface area (Å²) in [7, 11) is 0. The lowest BCUT2D eigenvalue weighted by atomic mass is 10.0. The number of unbranched alkanes of at least 4 members (excludes halogenated alkanes) is 15. The highest BCUT2D eigenvalue weighted by molar-refractivity contribution is 7.99. The second-order valence-corrected chi connectivity index (χ2v) is 11.3. The van der Waals surface area contributed by atoms with Crippen molar-refractivity contribution >= 4 is 40.5 Å². The Morgan fingerprint density at radius 1 is 0.882 bits per heavy atom. The summed E-state index contributed by atoms with van der Waals surface area (Å²) in [6.07, 6.45) is 22.9. The van der Waals surface area contributed by atoms with Crippen LogP contribution in [-0.4, -0.2) is 35.6 Å². The first-order chi connectivity index (χ1) is 16.5. The molecular formula is C26H46ClN5OS. The van der Waals surface area contributed by atoms with Crippen LogP contribution in [0.15, 0.2) is 6.33 Å². The number of imidazole rings is 1. The van der Waals surface area contributed by atoms with Crippen molar-refractivity contribution in [3.05, 3.63) is 11.5 Å². The Morgan fingerprint density at radius 2 is 1.38 bits per heavy atom. The molecule has 0 spiro atoms. The van der Waals surface area contributed by atoms with Gasteiger partial charge in [-0.3, -0.25) is 4.57 Å². The van der Waals surface area contributed by atoms with Gasteiger partial charge in [-0.05, 0) is 19.1 Å². The molecule has 0 saturated heterocycles. The lowest BCUT2D eigenvalue weighted by Crippen LogP contribution is -2.19. The van der Waals surface area contributed by atoms with E-state index in [4.69, 9.17) is 17.3 Å². The predicted molar refractivity (Wildman–Crippen MR) is 147 cm³/mol. The highest BCUT2D eigenvalue weighted by atomic mass is 35.5. The van der Waals surface area contributed by atoms with E-state index >= 15 is 0 Å². The molecule has 0 amide bonds. The number of aliphatic hydroxyl groups is 1. The molecule has 2 heterocycles. The summed E-state index contributed by atoms with van der Waals surface area (Å²) in [4.78, 5) is 12.3. The number of hydrogen-bond donors (Lipinski definition) is 2. The van der Waals surface area contributed by atoms with Gasteiger partial charge in [-0.1, -0.05) is 115 Å². The summed E-state index contributed by atoms with van der Waals surface area (Å²) in [6.45, 7) is 4.31. The van der Waals surface area contributed by atoms with E-state index in [1.54, 1.807) is 22.7 Å². The number of halogens is 1. The maximum atomic E-state index is 10.8. The van der Waals surface area contributed by atoms with Crippen molar-refractivity contribution < 1.29 is 5.11 Å². The van der Waals surface area contributed by atoms with E-state index < -0.39 is 6.23 Å². The third-order valence-electron chi connectivity index (χ3n) is 6.48. The maximum Gasteiger partial charge on any atom is 0.223 e. The van der Waals surface area contributed by atoms with Crippen molar-refractivity contribution in [3.63, 3.8) is 0 Å². The zero-order valence-electron chi connectivity index (χ0n) is 21.4. The molecule has 2 aromatic rings. The van der Waals surface area contributed by atoms with Gasteiger partial charge in [-0.25, -0.2) is 4.98 Å². The molecule has 0 saturated carbocycles. The van der Waals surface area contributed by atoms with Crippen molar-refractivity contribution in [1.29, 1.82) is 0 Å². The number of anilines is 1. The van der Waals surface area contributed by atoms with E-state index in [1.165, 1.54) is 103 Å². The smallest absolute Gasteiger partial charge is 0.223 e. The molecule has 0 aliphatic carbocycles. The molecule has 3 N–H and O–H groups in total. The summed E-state index contributed by atoms with van der Waals surface area (Å²) in [6, 6.07) is 0. The average Bonchev–Trinajstić information content (AvgIpc) is 3.24. The minimum Gasteiger partial charge on any atom is -0.372 e. The van der Waals surface area contributed by atoms with Gasteiger partial charge >= 0.3 is 0 Å². The van der Waals surface area contributed by atoms with Gasteiger partial charge in [0.05, 0.1) is 6.33 Å². The monoisotopic (exact) mass is 511 g/mol. The average molecular weight is 512 g/mol. The molecule has 0 aliphatic heterocycles. The van der Waals surface area contributed by atoms with Crippen LogP contribution in [0.25, 0.3) is 11.2 Å². The Labute approximate surface area is 215 Å². The number of fused-ring (bicyclic) bond motifs is 1. The van der Waals surface area contributed by atoms with E-state index in [-0.39, 0.29) is 16.4 Å². The molecule has 6 nitrogen and oxygen atoms in total. The summed E-state index contributed by atoms with van der Waals surface area (Å²) in [5.74, 6) is 1.13. The first kappa shape index (κ1) is 29.2. The van der Waals surface area contributed by atoms with Crippen LogP contribution in [0, 0.1) is 0 Å². The van der Waals surface area contributed by atoms with Crippen molar-refractivity contribution in [2.75, 3.05) is 11.5 Å². The van der Waals surface area contributed by atoms with Gasteiger partial charge < -0.3 is 10.8 Å². The molecule has 0 radical (unpaired) electrons. The maximum absolute atomic E-state index is 10.8. The fraction of sp³-hybridized carbons (Fsp3) is 0.808. The van der Waals surface area contributed by atoms with Crippen molar-refractivity contribution in [2.45, 2.75) is 128 Å². The van der Waals surface area contributed by atoms with Crippen LogP contribution >= 0.6 is 23.4 Å². The fourth-order valence-electron chi connectivity index (χ4n) is 4.32. The molecule has 0 aliphatic rings. The number of nitrogens with two attached hydrogens (primary N) is 1. The zero-order chi connectivity index (χ0) is 24.6. The van der Waals surface area contributed by atoms with E-state index in [2.05, 4.69) is 21.9 Å². The van der Waals surface area contributed by atoms with Gasteiger partial charge in [0.1, 0.15) is 11.7 Å². The molecular weight excluding hydrogens is 466 g/mol. The molecule has 2 unspecified atom stereocenters. The quantitative estimate of drug-likeness (QED) is 0.138. The Kier molecular flexibility index (Phi) is 14.9. The largest absolute Gasteiger partial charge is 0.372 e. The number of rotatable bonds is 20. The van der Waals surface area contributed by atoms with Crippen LogP contribution in [-0.2, 0) is 0 Å². The van der Waals surface area contributed by atoms with Crippen molar-refractivity contribution in [2.24, 2.45) is 0 Å². The molecule has 194 valence electrons. The summed E-state index contributed by atoms with van der Waals surface area (Å²) in [5.41, 5.74) is 6.64. The number of hydrogen-bond acceptors (Lipinski definition) is 6. The van der Waals surface area contributed by atoms with Crippen LogP contribution < -0.4 is 5.73 Å². The fourth-order valence-corrected chi connectivity index (χ4v) is 5.59. The molecule has 0 fully saturated rings. The first-order valence-corrected chi connectivity index (χ1v) is 14.9. The minimum atomic E-state index is -0.735. The van der Waals surface area contributed by atoms with Gasteiger partial charge in [-0.2, -0.15) is 21.7 Å². The molecule has 0 aromatic carbocycles. The van der Waals surface area contributed by atoms with Crippen molar-refractivity contribution in [1.82, 2.24) is 19.5 Å². The number of thioether (sulfide) groups is 1. The van der Waals surface area contributed by atoms with E-state index in [0.717, 1.165) is 5.75 Å². The van der Waals surface area contributed by atoms with Gasteiger partial charge in [0.25, 0.3) is 0 Å². The first-order valence-electron chi connectivity index (χ1n) is 13.5. The third-order valence-corrected chi connectivity index (χ3v) is 8.04. The minimum absolute atomic E-state index is 0.0173. The highest BCUT2D eigenvalue weighted by Gasteiger charge is 2.21.